The van der Waals surface area contributed by atoms with Gasteiger partial charge in [0.15, 0.2) is 0 Å². The Morgan fingerprint density at radius 1 is 0.673 bits per heavy atom. The zero-order valence-corrected chi connectivity index (χ0v) is 28.7. The van der Waals surface area contributed by atoms with Crippen LogP contribution in [0.3, 0.4) is 0 Å². The first-order valence-corrected chi connectivity index (χ1v) is 17.6. The minimum Gasteiger partial charge on any atom is -0.444 e. The summed E-state index contributed by atoms with van der Waals surface area (Å²) in [4.78, 5) is 69.3. The van der Waals surface area contributed by atoms with E-state index in [1.807, 2.05) is 48.5 Å². The zero-order valence-electron chi connectivity index (χ0n) is 28.7. The van der Waals surface area contributed by atoms with Gasteiger partial charge < -0.3 is 39.9 Å². The van der Waals surface area contributed by atoms with Gasteiger partial charge in [-0.25, -0.2) is 19.6 Å². The molecule has 52 heavy (non-hydrogen) atoms. The standard InChI is InChI=1S/C38H38N8O6/c1-21-31(43-37(49)51-21)35(47)45-17-3-5-29(45)33-39-19-27(41-33)25-13-9-23(10-14-25)7-8-24-11-15-26(16-12-24)28-20-40-34(42-28)30-6-4-18-46(30)36(48)32-22(2)52-38(50)44-32/h9-16,19-22,29-32H,3-6,17-18H2,1-2H3,(H,39,41)(H,40,42)(H,43,49)(H,44,50)/t21-,22-,29+,30+,31+,32+/m1/s1. The van der Waals surface area contributed by atoms with E-state index in [4.69, 9.17) is 9.47 Å². The molecule has 2 aromatic carbocycles. The number of aromatic nitrogens is 4. The third kappa shape index (κ3) is 6.34. The topological polar surface area (TPSA) is 175 Å². The van der Waals surface area contributed by atoms with E-state index in [-0.39, 0.29) is 23.9 Å². The average Bonchev–Trinajstić information content (AvgIpc) is 3.99. The van der Waals surface area contributed by atoms with E-state index >= 15 is 0 Å². The van der Waals surface area contributed by atoms with Gasteiger partial charge in [0.1, 0.15) is 35.9 Å². The molecular weight excluding hydrogens is 664 g/mol. The molecule has 0 radical (unpaired) electrons. The number of likely N-dealkylation sites (tertiary alicyclic amines) is 2. The predicted octanol–water partition coefficient (Wildman–Crippen LogP) is 4.19. The molecule has 6 heterocycles. The number of H-pyrrole nitrogens is 2. The number of imidazole rings is 2. The van der Waals surface area contributed by atoms with Crippen LogP contribution in [-0.4, -0.2) is 91.1 Å². The third-order valence-electron chi connectivity index (χ3n) is 10.2. The first-order valence-electron chi connectivity index (χ1n) is 17.6. The summed E-state index contributed by atoms with van der Waals surface area (Å²) in [5.74, 6) is 7.59. The molecule has 0 spiro atoms. The number of carbonyl (C=O) groups excluding carboxylic acids is 4. The summed E-state index contributed by atoms with van der Waals surface area (Å²) in [5.41, 5.74) is 5.32. The van der Waals surface area contributed by atoms with Crippen molar-refractivity contribution in [3.05, 3.63) is 83.7 Å². The summed E-state index contributed by atoms with van der Waals surface area (Å²) >= 11 is 0. The maximum atomic E-state index is 13.2. The van der Waals surface area contributed by atoms with Gasteiger partial charge >= 0.3 is 12.2 Å². The Morgan fingerprint density at radius 2 is 1.08 bits per heavy atom. The van der Waals surface area contributed by atoms with Gasteiger partial charge in [0.25, 0.3) is 0 Å². The molecule has 0 aliphatic carbocycles. The van der Waals surface area contributed by atoms with Gasteiger partial charge in [0.2, 0.25) is 11.8 Å². The highest BCUT2D eigenvalue weighted by atomic mass is 16.6. The number of nitrogens with zero attached hydrogens (tertiary/aromatic N) is 4. The van der Waals surface area contributed by atoms with E-state index in [9.17, 15) is 19.2 Å². The Labute approximate surface area is 299 Å². The summed E-state index contributed by atoms with van der Waals surface area (Å²) < 4.78 is 10.2. The van der Waals surface area contributed by atoms with Crippen LogP contribution in [0.1, 0.15) is 74.4 Å². The van der Waals surface area contributed by atoms with Gasteiger partial charge in [0.05, 0.1) is 35.9 Å². The van der Waals surface area contributed by atoms with Crippen molar-refractivity contribution >= 4 is 24.0 Å². The van der Waals surface area contributed by atoms with Crippen LogP contribution in [0.5, 0.6) is 0 Å². The normalized spacial score (nSPS) is 25.3. The van der Waals surface area contributed by atoms with Gasteiger partial charge in [-0.15, -0.1) is 0 Å². The zero-order chi connectivity index (χ0) is 35.9. The van der Waals surface area contributed by atoms with Crippen molar-refractivity contribution in [2.24, 2.45) is 0 Å². The van der Waals surface area contributed by atoms with Gasteiger partial charge in [0, 0.05) is 24.2 Å². The molecule has 4 aliphatic rings. The van der Waals surface area contributed by atoms with E-state index in [0.717, 1.165) is 59.3 Å². The van der Waals surface area contributed by atoms with Crippen molar-refractivity contribution in [2.45, 2.75) is 75.9 Å². The molecule has 14 nitrogen and oxygen atoms in total. The first kappa shape index (κ1) is 33.1. The molecule has 8 rings (SSSR count). The summed E-state index contributed by atoms with van der Waals surface area (Å²) in [6, 6.07) is 14.0. The van der Waals surface area contributed by atoms with Crippen LogP contribution in [0.4, 0.5) is 9.59 Å². The molecule has 4 aromatic rings. The first-order chi connectivity index (χ1) is 25.2. The van der Waals surface area contributed by atoms with E-state index in [1.54, 1.807) is 36.0 Å². The summed E-state index contributed by atoms with van der Waals surface area (Å²) in [6.45, 7) is 4.63. The fraction of sp³-hybridized carbons (Fsp3) is 0.368. The second-order valence-corrected chi connectivity index (χ2v) is 13.6. The van der Waals surface area contributed by atoms with E-state index in [2.05, 4.69) is 42.4 Å². The SMILES string of the molecule is C[C@H]1OC(=O)N[C@@H]1C(=O)N1CCC[C@H]1c1ncc(-c2ccc(C#Cc3ccc(-c4cnc([C@@H]5CCCN5C(=O)[C@H]5NC(=O)O[C@@H]5C)[nH]4)cc3)cc2)[nH]1. The molecule has 2 aromatic heterocycles. The Morgan fingerprint density at radius 3 is 1.44 bits per heavy atom. The number of amides is 4. The Bertz CT molecular complexity index is 1930. The number of hydrogen-bond donors (Lipinski definition) is 4. The fourth-order valence-corrected chi connectivity index (χ4v) is 7.46. The largest absolute Gasteiger partial charge is 0.444 e. The highest BCUT2D eigenvalue weighted by molar-refractivity contribution is 5.89. The maximum absolute atomic E-state index is 13.2. The molecular formula is C38H38N8O6. The highest BCUT2D eigenvalue weighted by Gasteiger charge is 2.44. The summed E-state index contributed by atoms with van der Waals surface area (Å²) in [6.07, 6.45) is 4.66. The molecule has 4 saturated heterocycles. The average molecular weight is 703 g/mol. The molecule has 14 heteroatoms. The Balaban J connectivity index is 0.892. The number of cyclic esters (lactones) is 2. The second kappa shape index (κ2) is 13.6. The van der Waals surface area contributed by atoms with Crippen LogP contribution in [0, 0.1) is 11.8 Å². The Kier molecular flexibility index (Phi) is 8.62. The van der Waals surface area contributed by atoms with Crippen molar-refractivity contribution < 1.29 is 28.7 Å². The van der Waals surface area contributed by atoms with Gasteiger partial charge in [-0.1, -0.05) is 36.1 Å². The van der Waals surface area contributed by atoms with Crippen LogP contribution < -0.4 is 10.6 Å². The van der Waals surface area contributed by atoms with E-state index in [0.29, 0.717) is 24.7 Å². The summed E-state index contributed by atoms with van der Waals surface area (Å²) in [7, 11) is 0. The molecule has 4 amide bonds. The number of rotatable bonds is 6. The molecule has 266 valence electrons. The molecule has 4 N–H and O–H groups in total. The van der Waals surface area contributed by atoms with E-state index < -0.39 is 36.5 Å². The number of ether oxygens (including phenoxy) is 2. The van der Waals surface area contributed by atoms with Crippen LogP contribution in [0.25, 0.3) is 22.5 Å². The third-order valence-corrected chi connectivity index (χ3v) is 10.2. The number of carbonyl (C=O) groups is 4. The number of nitrogens with one attached hydrogen (secondary N) is 4. The van der Waals surface area contributed by atoms with Crippen molar-refractivity contribution in [1.82, 2.24) is 40.4 Å². The monoisotopic (exact) mass is 702 g/mol. The second-order valence-electron chi connectivity index (χ2n) is 13.6. The number of aromatic amines is 2. The predicted molar refractivity (Wildman–Crippen MR) is 187 cm³/mol. The van der Waals surface area contributed by atoms with Crippen molar-refractivity contribution in [2.75, 3.05) is 13.1 Å². The van der Waals surface area contributed by atoms with Gasteiger partial charge in [-0.2, -0.15) is 0 Å². The highest BCUT2D eigenvalue weighted by Crippen LogP contribution is 2.34. The minimum absolute atomic E-state index is 0.156. The maximum Gasteiger partial charge on any atom is 0.408 e. The van der Waals surface area contributed by atoms with E-state index in [1.165, 1.54) is 0 Å². The number of hydrogen-bond acceptors (Lipinski definition) is 8. The fourth-order valence-electron chi connectivity index (χ4n) is 7.46. The lowest BCUT2D eigenvalue weighted by molar-refractivity contribution is -0.136. The van der Waals surface area contributed by atoms with Crippen LogP contribution >= 0.6 is 0 Å². The Hall–Kier alpha value is -6.10. The quantitative estimate of drug-likeness (QED) is 0.217. The lowest BCUT2D eigenvalue weighted by Gasteiger charge is -2.26. The summed E-state index contributed by atoms with van der Waals surface area (Å²) in [5, 5.41) is 5.24. The number of benzene rings is 2. The molecule has 6 atom stereocenters. The lowest BCUT2D eigenvalue weighted by Crippen LogP contribution is -2.47. The van der Waals surface area contributed by atoms with Gasteiger partial charge in [-0.05, 0) is 74.9 Å². The van der Waals surface area contributed by atoms with Gasteiger partial charge in [-0.3, -0.25) is 9.59 Å². The van der Waals surface area contributed by atoms with Crippen LogP contribution in [-0.2, 0) is 19.1 Å². The van der Waals surface area contributed by atoms with Crippen molar-refractivity contribution in [3.63, 3.8) is 0 Å². The number of alkyl carbamates (subject to hydrolysis) is 2. The molecule has 0 unspecified atom stereocenters. The van der Waals surface area contributed by atoms with Crippen LogP contribution in [0.15, 0.2) is 60.9 Å². The van der Waals surface area contributed by atoms with Crippen molar-refractivity contribution in [3.8, 4) is 34.4 Å². The molecule has 0 saturated carbocycles. The molecule has 0 bridgehead atoms. The molecule has 4 fully saturated rings. The lowest BCUT2D eigenvalue weighted by atomic mass is 10.1. The molecule has 4 aliphatic heterocycles. The van der Waals surface area contributed by atoms with Crippen LogP contribution in [0.2, 0.25) is 0 Å². The smallest absolute Gasteiger partial charge is 0.408 e. The minimum atomic E-state index is -0.693. The van der Waals surface area contributed by atoms with Crippen molar-refractivity contribution in [1.29, 1.82) is 0 Å².